The van der Waals surface area contributed by atoms with E-state index in [1.54, 1.807) is 13.0 Å². The first-order valence-electron chi connectivity index (χ1n) is 10.2. The topological polar surface area (TPSA) is 125 Å². The number of aromatic nitrogens is 2. The van der Waals surface area contributed by atoms with E-state index in [0.717, 1.165) is 16.5 Å². The van der Waals surface area contributed by atoms with Gasteiger partial charge in [0.1, 0.15) is 0 Å². The van der Waals surface area contributed by atoms with Gasteiger partial charge in [0.15, 0.2) is 17.5 Å². The van der Waals surface area contributed by atoms with E-state index in [0.29, 0.717) is 11.4 Å². The summed E-state index contributed by atoms with van der Waals surface area (Å²) in [7, 11) is 0. The molecule has 2 aromatic heterocycles. The summed E-state index contributed by atoms with van der Waals surface area (Å²) in [5.41, 5.74) is 5.91. The molecule has 3 N–H and O–H groups in total. The molecule has 1 aromatic carbocycles. The Labute approximate surface area is 177 Å². The molecule has 8 nitrogen and oxygen atoms in total. The number of fused-ring (bicyclic) bond motifs is 5. The largest absolute Gasteiger partial charge is 0.447 e. The van der Waals surface area contributed by atoms with Crippen LogP contribution >= 0.6 is 0 Å². The highest BCUT2D eigenvalue weighted by molar-refractivity contribution is 5.93. The van der Waals surface area contributed by atoms with Crippen molar-refractivity contribution >= 4 is 22.7 Å². The van der Waals surface area contributed by atoms with Gasteiger partial charge in [-0.05, 0) is 24.7 Å². The van der Waals surface area contributed by atoms with Gasteiger partial charge in [0.05, 0.1) is 29.0 Å². The Morgan fingerprint density at radius 2 is 2.10 bits per heavy atom. The second kappa shape index (κ2) is 6.83. The van der Waals surface area contributed by atoms with Gasteiger partial charge in [-0.3, -0.25) is 9.59 Å². The van der Waals surface area contributed by atoms with E-state index in [2.05, 4.69) is 0 Å². The van der Waals surface area contributed by atoms with Crippen LogP contribution in [0.2, 0.25) is 0 Å². The van der Waals surface area contributed by atoms with Crippen LogP contribution in [0.25, 0.3) is 22.3 Å². The minimum absolute atomic E-state index is 0.00325. The summed E-state index contributed by atoms with van der Waals surface area (Å²) in [5.74, 6) is -1.37. The third-order valence-corrected chi connectivity index (χ3v) is 6.13. The van der Waals surface area contributed by atoms with Crippen molar-refractivity contribution in [1.29, 1.82) is 0 Å². The van der Waals surface area contributed by atoms with Crippen molar-refractivity contribution in [3.63, 3.8) is 0 Å². The molecule has 158 valence electrons. The minimum atomic E-state index is -2.09. The number of carbonyl (C=O) groups is 2. The zero-order valence-corrected chi connectivity index (χ0v) is 16.9. The molecule has 31 heavy (non-hydrogen) atoms. The first-order chi connectivity index (χ1) is 14.9. The van der Waals surface area contributed by atoms with Crippen molar-refractivity contribution in [3.05, 3.63) is 63.4 Å². The molecule has 0 spiro atoms. The normalized spacial score (nSPS) is 21.4. The molecule has 1 unspecified atom stereocenters. The molecule has 0 bridgehead atoms. The molecule has 2 atom stereocenters. The maximum Gasteiger partial charge on any atom is 0.343 e. The predicted octanol–water partition coefficient (Wildman–Crippen LogP) is 1.54. The van der Waals surface area contributed by atoms with Crippen LogP contribution in [0.1, 0.15) is 42.6 Å². The van der Waals surface area contributed by atoms with E-state index in [1.807, 2.05) is 30.3 Å². The number of ether oxygens (including phenoxy) is 1. The van der Waals surface area contributed by atoms with Crippen LogP contribution in [0.15, 0.2) is 41.2 Å². The number of nitrogens with two attached hydrogens (primary N) is 1. The van der Waals surface area contributed by atoms with Crippen LogP contribution in [0.4, 0.5) is 0 Å². The predicted molar refractivity (Wildman–Crippen MR) is 112 cm³/mol. The number of hydrogen-bond donors (Lipinski definition) is 2. The lowest BCUT2D eigenvalue weighted by molar-refractivity contribution is -0.180. The van der Waals surface area contributed by atoms with E-state index in [1.165, 1.54) is 4.57 Å². The lowest BCUT2D eigenvalue weighted by Gasteiger charge is -2.36. The minimum Gasteiger partial charge on any atom is -0.447 e. The van der Waals surface area contributed by atoms with Crippen LogP contribution in [-0.4, -0.2) is 33.0 Å². The molecule has 0 saturated heterocycles. The van der Waals surface area contributed by atoms with Crippen LogP contribution in [0.3, 0.4) is 0 Å². The number of carbonyl (C=O) groups excluding carboxylic acids is 2. The summed E-state index contributed by atoms with van der Waals surface area (Å²) < 4.78 is 6.81. The van der Waals surface area contributed by atoms with Gasteiger partial charge in [-0.1, -0.05) is 25.1 Å². The number of ketones is 1. The summed E-state index contributed by atoms with van der Waals surface area (Å²) in [6.07, 6.45) is -1.39. The van der Waals surface area contributed by atoms with E-state index in [9.17, 15) is 19.5 Å². The van der Waals surface area contributed by atoms with Gasteiger partial charge in [0.25, 0.3) is 5.56 Å². The van der Waals surface area contributed by atoms with Crippen molar-refractivity contribution in [2.45, 2.75) is 38.0 Å². The number of cyclic esters (lactones) is 1. The molecule has 4 heterocycles. The van der Waals surface area contributed by atoms with Crippen LogP contribution in [0.5, 0.6) is 0 Å². The third-order valence-electron chi connectivity index (χ3n) is 6.13. The van der Waals surface area contributed by atoms with E-state index < -0.39 is 29.0 Å². The third kappa shape index (κ3) is 2.68. The fourth-order valence-electron chi connectivity index (χ4n) is 4.51. The van der Waals surface area contributed by atoms with E-state index in [4.69, 9.17) is 15.5 Å². The number of nitrogens with zero attached hydrogens (tertiary/aromatic N) is 2. The molecular formula is C23H21N3O5. The first kappa shape index (κ1) is 19.6. The molecule has 0 amide bonds. The monoisotopic (exact) mass is 419 g/mol. The molecule has 5 rings (SSSR count). The number of benzene rings is 1. The number of esters is 1. The zero-order valence-electron chi connectivity index (χ0n) is 16.9. The highest BCUT2D eigenvalue weighted by atomic mass is 16.6. The van der Waals surface area contributed by atoms with Gasteiger partial charge in [0, 0.05) is 29.4 Å². The zero-order chi connectivity index (χ0) is 21.9. The number of rotatable bonds is 4. The summed E-state index contributed by atoms with van der Waals surface area (Å²) >= 11 is 0. The maximum absolute atomic E-state index is 13.5. The molecule has 0 aliphatic carbocycles. The number of aliphatic hydroxyl groups is 1. The van der Waals surface area contributed by atoms with Crippen LogP contribution in [-0.2, 0) is 26.5 Å². The van der Waals surface area contributed by atoms with Crippen molar-refractivity contribution < 1.29 is 19.4 Å². The SMILES string of the molecule is CCC(=O)C1OC(=O)[C@](O)(CCN)c2cc3n(c(=O)c21)Cc1cc2ccccc2nc1-3. The molecule has 2 aliphatic rings. The van der Waals surface area contributed by atoms with Crippen molar-refractivity contribution in [2.24, 2.45) is 5.73 Å². The average molecular weight is 419 g/mol. The highest BCUT2D eigenvalue weighted by Crippen LogP contribution is 2.42. The maximum atomic E-state index is 13.5. The lowest BCUT2D eigenvalue weighted by atomic mass is 9.82. The fraction of sp³-hybridized carbons (Fsp3) is 0.304. The van der Waals surface area contributed by atoms with Gasteiger partial charge in [0.2, 0.25) is 0 Å². The standard InChI is InChI=1S/C23H21N3O5/c1-2-17(27)20-18-14(23(30,7-8-24)22(29)31-20)10-16-19-13(11-26(16)21(18)28)9-12-5-3-4-6-15(12)25-19/h3-6,9-10,20,30H,2,7-8,11,24H2,1H3/t20?,23-/m0/s1. The van der Waals surface area contributed by atoms with Gasteiger partial charge in [-0.15, -0.1) is 0 Å². The quantitative estimate of drug-likeness (QED) is 0.481. The molecule has 2 aliphatic heterocycles. The van der Waals surface area contributed by atoms with Gasteiger partial charge in [-0.25, -0.2) is 9.78 Å². The average Bonchev–Trinajstić information content (AvgIpc) is 3.12. The molecule has 8 heteroatoms. The highest BCUT2D eigenvalue weighted by Gasteiger charge is 2.50. The van der Waals surface area contributed by atoms with Crippen molar-refractivity contribution in [1.82, 2.24) is 9.55 Å². The van der Waals surface area contributed by atoms with E-state index in [-0.39, 0.29) is 37.1 Å². The Morgan fingerprint density at radius 3 is 2.84 bits per heavy atom. The Bertz CT molecular complexity index is 1330. The summed E-state index contributed by atoms with van der Waals surface area (Å²) in [6, 6.07) is 11.2. The summed E-state index contributed by atoms with van der Waals surface area (Å²) in [6.45, 7) is 1.91. The Balaban J connectivity index is 1.81. The van der Waals surface area contributed by atoms with Gasteiger partial charge >= 0.3 is 5.97 Å². The smallest absolute Gasteiger partial charge is 0.343 e. The molecular weight excluding hydrogens is 398 g/mol. The number of Topliss-reactive ketones (excluding diaryl/α,β-unsaturated/α-hetero) is 1. The molecule has 0 fully saturated rings. The molecule has 0 saturated carbocycles. The number of para-hydroxylation sites is 1. The van der Waals surface area contributed by atoms with Gasteiger partial charge < -0.3 is 20.1 Å². The van der Waals surface area contributed by atoms with Crippen LogP contribution < -0.4 is 11.3 Å². The van der Waals surface area contributed by atoms with Gasteiger partial charge in [-0.2, -0.15) is 0 Å². The van der Waals surface area contributed by atoms with Crippen molar-refractivity contribution in [3.8, 4) is 11.4 Å². The summed E-state index contributed by atoms with van der Waals surface area (Å²) in [4.78, 5) is 43.5. The molecule has 0 radical (unpaired) electrons. The Kier molecular flexibility index (Phi) is 4.32. The Hall–Kier alpha value is -3.36. The summed E-state index contributed by atoms with van der Waals surface area (Å²) in [5, 5.41) is 12.2. The second-order valence-electron chi connectivity index (χ2n) is 7.94. The second-order valence-corrected chi connectivity index (χ2v) is 7.94. The van der Waals surface area contributed by atoms with Crippen LogP contribution in [0, 0.1) is 0 Å². The number of hydrogen-bond acceptors (Lipinski definition) is 7. The number of pyridine rings is 2. The molecule has 3 aromatic rings. The lowest BCUT2D eigenvalue weighted by Crippen LogP contribution is -2.48. The van der Waals surface area contributed by atoms with E-state index >= 15 is 0 Å². The van der Waals surface area contributed by atoms with Crippen molar-refractivity contribution in [2.75, 3.05) is 6.54 Å². The first-order valence-corrected chi connectivity index (χ1v) is 10.2. The fourth-order valence-corrected chi connectivity index (χ4v) is 4.51. The Morgan fingerprint density at radius 1 is 1.32 bits per heavy atom.